The number of benzene rings is 7. The molecule has 0 saturated heterocycles. The standard InChI is InChI=1S/C52H34N2O2S/c1-8-26-52(27-9-1)41-19-5-2-12-33(41)40-28-30(23-25-42(40)52)32-15-10-16-36-37-17-11-18-39(49(37)56-48(32)36)51-53-46(50-47(54-51)38-14-4-7-21-45(38)57-50)31-22-24-35-34-13-3-6-20-43(34)55-44(35)29-31/h2-7,10-25,28-29H,1,8-9,26-27H2. The van der Waals surface area contributed by atoms with Crippen LogP contribution in [0.4, 0.5) is 0 Å². The molecule has 0 N–H and O–H groups in total. The van der Waals surface area contributed by atoms with E-state index in [0.717, 1.165) is 81.9 Å². The number of furan rings is 2. The van der Waals surface area contributed by atoms with Gasteiger partial charge in [0.15, 0.2) is 5.82 Å². The van der Waals surface area contributed by atoms with Crippen LogP contribution in [0.5, 0.6) is 0 Å². The van der Waals surface area contributed by atoms with Crippen molar-refractivity contribution < 1.29 is 8.83 Å². The highest BCUT2D eigenvalue weighted by Crippen LogP contribution is 2.56. The lowest BCUT2D eigenvalue weighted by Gasteiger charge is -2.36. The van der Waals surface area contributed by atoms with Crippen molar-refractivity contribution >= 4 is 75.5 Å². The Morgan fingerprint density at radius 2 is 1.16 bits per heavy atom. The lowest BCUT2D eigenvalue weighted by Crippen LogP contribution is -2.27. The number of thiophene rings is 1. The van der Waals surface area contributed by atoms with E-state index in [1.165, 1.54) is 64.6 Å². The summed E-state index contributed by atoms with van der Waals surface area (Å²) < 4.78 is 15.6. The van der Waals surface area contributed by atoms with E-state index >= 15 is 0 Å². The summed E-state index contributed by atoms with van der Waals surface area (Å²) in [6.07, 6.45) is 6.35. The van der Waals surface area contributed by atoms with Crippen molar-refractivity contribution in [3.05, 3.63) is 157 Å². The molecule has 0 bridgehead atoms. The molecule has 1 saturated carbocycles. The zero-order valence-corrected chi connectivity index (χ0v) is 31.8. The molecule has 13 rings (SSSR count). The highest BCUT2D eigenvalue weighted by atomic mass is 32.1. The molecule has 11 aromatic rings. The van der Waals surface area contributed by atoms with Crippen LogP contribution >= 0.6 is 11.3 Å². The normalized spacial score (nSPS) is 14.8. The van der Waals surface area contributed by atoms with E-state index in [0.29, 0.717) is 5.82 Å². The van der Waals surface area contributed by atoms with Gasteiger partial charge in [0, 0.05) is 48.2 Å². The lowest BCUT2D eigenvalue weighted by atomic mass is 9.68. The van der Waals surface area contributed by atoms with Crippen LogP contribution < -0.4 is 0 Å². The minimum atomic E-state index is 0.133. The highest BCUT2D eigenvalue weighted by molar-refractivity contribution is 7.26. The van der Waals surface area contributed by atoms with E-state index in [2.05, 4.69) is 133 Å². The number of fused-ring (bicyclic) bond motifs is 14. The summed E-state index contributed by atoms with van der Waals surface area (Å²) in [5.41, 5.74) is 15.3. The van der Waals surface area contributed by atoms with Crippen LogP contribution in [0.25, 0.3) is 109 Å². The van der Waals surface area contributed by atoms with Gasteiger partial charge in [0.1, 0.15) is 22.3 Å². The molecule has 270 valence electrons. The Morgan fingerprint density at radius 3 is 2.05 bits per heavy atom. The maximum absolute atomic E-state index is 7.05. The van der Waals surface area contributed by atoms with Gasteiger partial charge in [-0.3, -0.25) is 0 Å². The van der Waals surface area contributed by atoms with E-state index in [-0.39, 0.29) is 5.41 Å². The molecule has 1 fully saturated rings. The van der Waals surface area contributed by atoms with Gasteiger partial charge in [-0.2, -0.15) is 0 Å². The number of hydrogen-bond donors (Lipinski definition) is 0. The molecule has 7 aromatic carbocycles. The molecule has 1 spiro atoms. The van der Waals surface area contributed by atoms with E-state index < -0.39 is 0 Å². The van der Waals surface area contributed by atoms with Crippen molar-refractivity contribution in [2.75, 3.05) is 0 Å². The molecule has 2 aliphatic carbocycles. The van der Waals surface area contributed by atoms with Crippen LogP contribution in [-0.4, -0.2) is 9.97 Å². The summed E-state index contributed by atoms with van der Waals surface area (Å²) in [6.45, 7) is 0. The van der Waals surface area contributed by atoms with Gasteiger partial charge in [0.2, 0.25) is 0 Å². The zero-order chi connectivity index (χ0) is 37.2. The molecule has 0 unspecified atom stereocenters. The van der Waals surface area contributed by atoms with Crippen molar-refractivity contribution in [2.45, 2.75) is 37.5 Å². The summed E-state index contributed by atoms with van der Waals surface area (Å²) in [7, 11) is 0. The second kappa shape index (κ2) is 11.7. The first-order valence-electron chi connectivity index (χ1n) is 20.0. The van der Waals surface area contributed by atoms with E-state index in [4.69, 9.17) is 18.8 Å². The maximum Gasteiger partial charge on any atom is 0.164 e. The Labute approximate surface area is 332 Å². The van der Waals surface area contributed by atoms with Gasteiger partial charge < -0.3 is 8.83 Å². The molecule has 0 radical (unpaired) electrons. The summed E-state index contributed by atoms with van der Waals surface area (Å²) >= 11 is 1.74. The minimum absolute atomic E-state index is 0.133. The first kappa shape index (κ1) is 31.6. The fraction of sp³-hybridized carbons (Fsp3) is 0.115. The summed E-state index contributed by atoms with van der Waals surface area (Å²) in [6, 6.07) is 52.4. The Hall–Kier alpha value is -6.56. The SMILES string of the molecule is c1ccc2c(c1)-c1cc(-c3cccc4c3oc3c(-c5nc(-c6ccc7c(c6)oc6ccccc67)c6sc7ccccc7c6n5)cccc34)ccc1C21CCCCC1. The van der Waals surface area contributed by atoms with Crippen molar-refractivity contribution in [3.63, 3.8) is 0 Å². The van der Waals surface area contributed by atoms with Gasteiger partial charge in [0.05, 0.1) is 21.5 Å². The predicted octanol–water partition coefficient (Wildman–Crippen LogP) is 14.9. The van der Waals surface area contributed by atoms with Crippen molar-refractivity contribution in [1.29, 1.82) is 0 Å². The second-order valence-corrected chi connectivity index (χ2v) is 16.9. The first-order chi connectivity index (χ1) is 28.2. The topological polar surface area (TPSA) is 52.1 Å². The van der Waals surface area contributed by atoms with Crippen LogP contribution in [0, 0.1) is 0 Å². The van der Waals surface area contributed by atoms with E-state index in [9.17, 15) is 0 Å². The Bertz CT molecular complexity index is 3470. The average Bonchev–Trinajstić information content (AvgIpc) is 4.02. The molecule has 4 nitrogen and oxygen atoms in total. The van der Waals surface area contributed by atoms with Crippen molar-refractivity contribution in [2.24, 2.45) is 0 Å². The fourth-order valence-corrected chi connectivity index (χ4v) is 11.5. The number of para-hydroxylation sites is 3. The molecule has 0 amide bonds. The van der Waals surface area contributed by atoms with Crippen molar-refractivity contribution in [3.8, 4) is 44.9 Å². The van der Waals surface area contributed by atoms with Crippen LogP contribution in [0.2, 0.25) is 0 Å². The Balaban J connectivity index is 1.01. The molecule has 4 heterocycles. The van der Waals surface area contributed by atoms with Crippen molar-refractivity contribution in [1.82, 2.24) is 9.97 Å². The monoisotopic (exact) mass is 750 g/mol. The highest BCUT2D eigenvalue weighted by Gasteiger charge is 2.43. The van der Waals surface area contributed by atoms with Gasteiger partial charge in [0.25, 0.3) is 0 Å². The molecular weight excluding hydrogens is 717 g/mol. The second-order valence-electron chi connectivity index (χ2n) is 15.9. The molecule has 2 aliphatic rings. The van der Waals surface area contributed by atoms with Gasteiger partial charge in [-0.05, 0) is 77.1 Å². The van der Waals surface area contributed by atoms with Gasteiger partial charge in [-0.1, -0.05) is 128 Å². The molecular formula is C52H34N2O2S. The van der Waals surface area contributed by atoms with Crippen LogP contribution in [0.3, 0.4) is 0 Å². The number of hydrogen-bond acceptors (Lipinski definition) is 5. The zero-order valence-electron chi connectivity index (χ0n) is 31.0. The molecule has 4 aromatic heterocycles. The maximum atomic E-state index is 7.05. The number of rotatable bonds is 3. The molecule has 57 heavy (non-hydrogen) atoms. The van der Waals surface area contributed by atoms with Crippen LogP contribution in [0.1, 0.15) is 43.2 Å². The van der Waals surface area contributed by atoms with Crippen LogP contribution in [0.15, 0.2) is 154 Å². The lowest BCUT2D eigenvalue weighted by molar-refractivity contribution is 0.353. The summed E-state index contributed by atoms with van der Waals surface area (Å²) in [5, 5.41) is 5.48. The Kier molecular flexibility index (Phi) is 6.51. The first-order valence-corrected chi connectivity index (χ1v) is 20.8. The van der Waals surface area contributed by atoms with E-state index in [1.54, 1.807) is 11.3 Å². The van der Waals surface area contributed by atoms with Crippen LogP contribution in [-0.2, 0) is 5.41 Å². The smallest absolute Gasteiger partial charge is 0.164 e. The quantitative estimate of drug-likeness (QED) is 0.180. The third kappa shape index (κ3) is 4.43. The largest absolute Gasteiger partial charge is 0.456 e. The Morgan fingerprint density at radius 1 is 0.474 bits per heavy atom. The third-order valence-electron chi connectivity index (χ3n) is 12.9. The average molecular weight is 751 g/mol. The minimum Gasteiger partial charge on any atom is -0.456 e. The van der Waals surface area contributed by atoms with E-state index in [1.807, 2.05) is 12.1 Å². The fourth-order valence-electron chi connectivity index (χ4n) is 10.3. The number of aromatic nitrogens is 2. The van der Waals surface area contributed by atoms with Gasteiger partial charge in [-0.15, -0.1) is 11.3 Å². The van der Waals surface area contributed by atoms with Gasteiger partial charge >= 0.3 is 0 Å². The summed E-state index contributed by atoms with van der Waals surface area (Å²) in [4.78, 5) is 10.7. The third-order valence-corrected chi connectivity index (χ3v) is 14.1. The molecule has 5 heteroatoms. The molecule has 0 aliphatic heterocycles. The summed E-state index contributed by atoms with van der Waals surface area (Å²) in [5.74, 6) is 0.642. The number of nitrogens with zero attached hydrogens (tertiary/aromatic N) is 2. The van der Waals surface area contributed by atoms with Gasteiger partial charge in [-0.25, -0.2) is 9.97 Å². The molecule has 0 atom stereocenters. The predicted molar refractivity (Wildman–Crippen MR) is 235 cm³/mol.